The van der Waals surface area contributed by atoms with Crippen LogP contribution in [0.4, 0.5) is 17.1 Å². The van der Waals surface area contributed by atoms with Crippen molar-refractivity contribution >= 4 is 49.1 Å². The molecule has 0 atom stereocenters. The molecule has 2 saturated heterocycles. The van der Waals surface area contributed by atoms with E-state index in [1.54, 1.807) is 30.3 Å². The summed E-state index contributed by atoms with van der Waals surface area (Å²) in [4.78, 5) is 15.4. The van der Waals surface area contributed by atoms with E-state index in [9.17, 15) is 21.6 Å². The Morgan fingerprint density at radius 3 is 2.23 bits per heavy atom. The first-order valence-electron chi connectivity index (χ1n) is 15.5. The monoisotopic (exact) mass is 698 g/mol. The highest BCUT2D eigenvalue weighted by atomic mass is 32.2. The molecule has 0 aliphatic carbocycles. The van der Waals surface area contributed by atoms with E-state index in [1.807, 2.05) is 17.0 Å². The predicted octanol–water partition coefficient (Wildman–Crippen LogP) is 2.96. The Balaban J connectivity index is 1.30. The zero-order chi connectivity index (χ0) is 33.9. The first-order chi connectivity index (χ1) is 23.1. The molecule has 48 heavy (non-hydrogen) atoms. The number of carbonyl (C=O) groups excluding carboxylic acids is 1. The van der Waals surface area contributed by atoms with Gasteiger partial charge in [0, 0.05) is 38.8 Å². The van der Waals surface area contributed by atoms with Crippen LogP contribution in [0, 0.1) is 0 Å². The van der Waals surface area contributed by atoms with Crippen LogP contribution >= 0.6 is 0 Å². The molecule has 3 heterocycles. The molecule has 0 radical (unpaired) electrons. The first-order valence-corrected chi connectivity index (χ1v) is 18.4. The van der Waals surface area contributed by atoms with E-state index in [0.29, 0.717) is 68.6 Å². The van der Waals surface area contributed by atoms with Crippen molar-refractivity contribution in [2.45, 2.75) is 16.2 Å². The Hall–Kier alpha value is -4.15. The third-order valence-corrected chi connectivity index (χ3v) is 12.2. The van der Waals surface area contributed by atoms with E-state index in [4.69, 9.17) is 18.9 Å². The van der Waals surface area contributed by atoms with E-state index in [1.165, 1.54) is 47.1 Å². The third-order valence-electron chi connectivity index (χ3n) is 8.49. The van der Waals surface area contributed by atoms with Gasteiger partial charge in [0.25, 0.3) is 10.0 Å². The number of hydrogen-bond donors (Lipinski definition) is 1. The lowest BCUT2D eigenvalue weighted by atomic mass is 10.1. The van der Waals surface area contributed by atoms with Crippen LogP contribution in [0.25, 0.3) is 6.08 Å². The van der Waals surface area contributed by atoms with Crippen molar-refractivity contribution in [3.63, 3.8) is 0 Å². The molecule has 6 rings (SSSR count). The van der Waals surface area contributed by atoms with Gasteiger partial charge in [0.2, 0.25) is 15.9 Å². The van der Waals surface area contributed by atoms with Gasteiger partial charge in [-0.1, -0.05) is 18.2 Å². The van der Waals surface area contributed by atoms with Gasteiger partial charge in [0.05, 0.1) is 62.6 Å². The van der Waals surface area contributed by atoms with Crippen molar-refractivity contribution < 1.29 is 40.6 Å². The van der Waals surface area contributed by atoms with Gasteiger partial charge in [-0.15, -0.1) is 0 Å². The number of hydrogen-bond acceptors (Lipinski definition) is 10. The number of para-hydroxylation sites is 1. The number of morpholine rings is 2. The molecule has 0 aromatic heterocycles. The van der Waals surface area contributed by atoms with Crippen LogP contribution in [0.1, 0.15) is 11.1 Å². The molecule has 0 saturated carbocycles. The quantitative estimate of drug-likeness (QED) is 0.314. The van der Waals surface area contributed by atoms with Gasteiger partial charge in [-0.2, -0.15) is 4.31 Å². The molecule has 1 N–H and O–H groups in total. The highest BCUT2D eigenvalue weighted by Gasteiger charge is 2.34. The molecular weight excluding hydrogens is 661 g/mol. The summed E-state index contributed by atoms with van der Waals surface area (Å²) in [5, 5.41) is 2.85. The number of sulfonamides is 2. The largest absolute Gasteiger partial charge is 0.493 e. The van der Waals surface area contributed by atoms with Gasteiger partial charge in [-0.25, -0.2) is 16.8 Å². The number of methoxy groups -OCH3 is 2. The standard InChI is InChI=1S/C33H38N4O9S2/c1-43-30-21-24(22-31(33(30)44-2)48(41,42)37-12-11-25-5-3-4-6-28(25)37)7-10-32(38)34-27-23-26(47(39,40)36-15-19-46-20-16-36)8-9-29(27)35-13-17-45-18-14-35/h3-10,21-23H,11-20H2,1-2H3,(H,34,38). The van der Waals surface area contributed by atoms with Crippen LogP contribution < -0.4 is 24.0 Å². The molecule has 256 valence electrons. The molecule has 3 aliphatic heterocycles. The molecule has 0 unspecified atom stereocenters. The van der Waals surface area contributed by atoms with E-state index in [2.05, 4.69) is 5.32 Å². The van der Waals surface area contributed by atoms with E-state index >= 15 is 0 Å². The van der Waals surface area contributed by atoms with Gasteiger partial charge >= 0.3 is 0 Å². The minimum absolute atomic E-state index is 0.0527. The predicted molar refractivity (Wildman–Crippen MR) is 181 cm³/mol. The smallest absolute Gasteiger partial charge is 0.268 e. The zero-order valence-corrected chi connectivity index (χ0v) is 28.4. The summed E-state index contributed by atoms with van der Waals surface area (Å²) >= 11 is 0. The second-order valence-corrected chi connectivity index (χ2v) is 15.1. The van der Waals surface area contributed by atoms with Gasteiger partial charge < -0.3 is 29.2 Å². The molecular formula is C33H38N4O9S2. The zero-order valence-electron chi connectivity index (χ0n) is 26.8. The lowest BCUT2D eigenvalue weighted by Crippen LogP contribution is -2.40. The molecule has 15 heteroatoms. The molecule has 3 aliphatic rings. The van der Waals surface area contributed by atoms with Crippen LogP contribution in [0.2, 0.25) is 0 Å². The minimum Gasteiger partial charge on any atom is -0.493 e. The molecule has 0 spiro atoms. The summed E-state index contributed by atoms with van der Waals surface area (Å²) in [7, 11) is -5.12. The van der Waals surface area contributed by atoms with Crippen LogP contribution in [-0.2, 0) is 40.7 Å². The maximum atomic E-state index is 14.0. The van der Waals surface area contributed by atoms with Gasteiger partial charge in [-0.05, 0) is 60.0 Å². The number of amides is 1. The van der Waals surface area contributed by atoms with Crippen molar-refractivity contribution in [1.82, 2.24) is 4.31 Å². The average molecular weight is 699 g/mol. The molecule has 13 nitrogen and oxygen atoms in total. The van der Waals surface area contributed by atoms with E-state index in [-0.39, 0.29) is 40.9 Å². The van der Waals surface area contributed by atoms with E-state index in [0.717, 1.165) is 5.56 Å². The first kappa shape index (κ1) is 33.7. The molecule has 1 amide bonds. The highest BCUT2D eigenvalue weighted by molar-refractivity contribution is 7.93. The average Bonchev–Trinajstić information content (AvgIpc) is 3.56. The molecule has 3 aromatic rings. The van der Waals surface area contributed by atoms with Crippen molar-refractivity contribution in [2.75, 3.05) is 87.9 Å². The summed E-state index contributed by atoms with van der Waals surface area (Å²) in [6.45, 7) is 3.51. The van der Waals surface area contributed by atoms with Gasteiger partial charge in [-0.3, -0.25) is 9.10 Å². The van der Waals surface area contributed by atoms with Gasteiger partial charge in [0.1, 0.15) is 4.90 Å². The Kier molecular flexibility index (Phi) is 9.94. The third kappa shape index (κ3) is 6.73. The van der Waals surface area contributed by atoms with Crippen molar-refractivity contribution in [3.05, 3.63) is 71.8 Å². The lowest BCUT2D eigenvalue weighted by Gasteiger charge is -2.31. The fourth-order valence-electron chi connectivity index (χ4n) is 6.05. The fourth-order valence-corrected chi connectivity index (χ4v) is 9.20. The highest BCUT2D eigenvalue weighted by Crippen LogP contribution is 2.41. The maximum absolute atomic E-state index is 14.0. The Morgan fingerprint density at radius 1 is 0.812 bits per heavy atom. The summed E-state index contributed by atoms with van der Waals surface area (Å²) in [5.41, 5.74) is 2.90. The summed E-state index contributed by atoms with van der Waals surface area (Å²) in [6, 6.07) is 15.1. The van der Waals surface area contributed by atoms with Crippen molar-refractivity contribution in [1.29, 1.82) is 0 Å². The molecule has 2 fully saturated rings. The minimum atomic E-state index is -4.07. The number of ether oxygens (including phenoxy) is 4. The van der Waals surface area contributed by atoms with Crippen molar-refractivity contribution in [3.8, 4) is 11.5 Å². The molecule has 0 bridgehead atoms. The number of carbonyl (C=O) groups is 1. The number of nitrogens with one attached hydrogen (secondary N) is 1. The van der Waals surface area contributed by atoms with Crippen LogP contribution in [-0.4, -0.2) is 100 Å². The maximum Gasteiger partial charge on any atom is 0.268 e. The number of fused-ring (bicyclic) bond motifs is 1. The van der Waals surface area contributed by atoms with Gasteiger partial charge in [0.15, 0.2) is 11.5 Å². The number of rotatable bonds is 10. The second kappa shape index (κ2) is 14.1. The number of anilines is 3. The number of nitrogens with zero attached hydrogens (tertiary/aromatic N) is 3. The van der Waals surface area contributed by atoms with E-state index < -0.39 is 26.0 Å². The summed E-state index contributed by atoms with van der Waals surface area (Å²) in [5.74, 6) is -0.309. The fraction of sp³-hybridized carbons (Fsp3) is 0.364. The Bertz CT molecular complexity index is 1920. The molecule has 3 aromatic carbocycles. The normalized spacial score (nSPS) is 17.4. The van der Waals surface area contributed by atoms with Crippen molar-refractivity contribution in [2.24, 2.45) is 0 Å². The Morgan fingerprint density at radius 2 is 1.52 bits per heavy atom. The Labute approximate surface area is 280 Å². The second-order valence-electron chi connectivity index (χ2n) is 11.3. The van der Waals surface area contributed by atoms with Crippen LogP contribution in [0.15, 0.2) is 70.5 Å². The van der Waals surface area contributed by atoms with Crippen LogP contribution in [0.3, 0.4) is 0 Å². The SMILES string of the molecule is COc1cc(C=CC(=O)Nc2cc(S(=O)(=O)N3CCOCC3)ccc2N2CCOCC2)cc(S(=O)(=O)N2CCc3ccccc32)c1OC. The topological polar surface area (TPSA) is 144 Å². The lowest BCUT2D eigenvalue weighted by molar-refractivity contribution is -0.111. The van der Waals surface area contributed by atoms with Crippen LogP contribution in [0.5, 0.6) is 11.5 Å². The summed E-state index contributed by atoms with van der Waals surface area (Å²) in [6.07, 6.45) is 3.31. The summed E-state index contributed by atoms with van der Waals surface area (Å²) < 4.78 is 79.4. The number of benzene rings is 3.